The summed E-state index contributed by atoms with van der Waals surface area (Å²) in [6, 6.07) is 13.6. The van der Waals surface area contributed by atoms with Gasteiger partial charge in [0.05, 0.1) is 6.54 Å². The van der Waals surface area contributed by atoms with Gasteiger partial charge in [-0.1, -0.05) is 30.2 Å². The molecule has 28 heavy (non-hydrogen) atoms. The lowest BCUT2D eigenvalue weighted by Crippen LogP contribution is -2.20. The number of halogens is 2. The second kappa shape index (κ2) is 7.49. The molecule has 0 saturated heterocycles. The molecule has 0 aliphatic heterocycles. The summed E-state index contributed by atoms with van der Waals surface area (Å²) in [5, 5.41) is 0.329. The van der Waals surface area contributed by atoms with Gasteiger partial charge in [-0.2, -0.15) is 0 Å². The van der Waals surface area contributed by atoms with Gasteiger partial charge in [0.15, 0.2) is 5.76 Å². The average Bonchev–Trinajstić information content (AvgIpc) is 3.11. The fraction of sp³-hybridized carbons (Fsp3) is 0.0909. The lowest BCUT2D eigenvalue weighted by molar-refractivity contribution is 0.584. The van der Waals surface area contributed by atoms with Gasteiger partial charge in [-0.05, 0) is 41.3 Å². The summed E-state index contributed by atoms with van der Waals surface area (Å²) in [6.07, 6.45) is 1.83. The van der Waals surface area contributed by atoms with Crippen LogP contribution < -0.4 is 5.56 Å². The molecule has 0 aliphatic carbocycles. The summed E-state index contributed by atoms with van der Waals surface area (Å²) in [5.41, 5.74) is 1.62. The highest BCUT2D eigenvalue weighted by Crippen LogP contribution is 2.13. The fourth-order valence-corrected chi connectivity index (χ4v) is 2.76. The standard InChI is InChI=1S/C22H14F2N2O2/c23-17-8-4-15(5-9-17)2-1-3-19-12-20-21(28-19)25-14-26(22(20)27)13-16-6-10-18(24)11-7-16/h4-12,14H,2,13H2. The van der Waals surface area contributed by atoms with Crippen LogP contribution in [-0.2, 0) is 13.0 Å². The van der Waals surface area contributed by atoms with Gasteiger partial charge in [-0.15, -0.1) is 0 Å². The van der Waals surface area contributed by atoms with E-state index in [1.807, 2.05) is 0 Å². The van der Waals surface area contributed by atoms with E-state index < -0.39 is 0 Å². The zero-order chi connectivity index (χ0) is 19.5. The minimum Gasteiger partial charge on any atom is -0.429 e. The van der Waals surface area contributed by atoms with E-state index in [4.69, 9.17) is 4.42 Å². The molecule has 4 aromatic rings. The van der Waals surface area contributed by atoms with E-state index in [-0.39, 0.29) is 29.5 Å². The average molecular weight is 376 g/mol. The first-order chi connectivity index (χ1) is 13.6. The maximum absolute atomic E-state index is 13.0. The highest BCUT2D eigenvalue weighted by molar-refractivity contribution is 5.73. The Morgan fingerprint density at radius 3 is 2.29 bits per heavy atom. The molecule has 0 bridgehead atoms. The lowest BCUT2D eigenvalue weighted by atomic mass is 10.1. The molecule has 0 atom stereocenters. The maximum Gasteiger partial charge on any atom is 0.264 e. The number of nitrogens with zero attached hydrogens (tertiary/aromatic N) is 2. The third kappa shape index (κ3) is 3.84. The maximum atomic E-state index is 13.0. The van der Waals surface area contributed by atoms with Crippen molar-refractivity contribution in [2.75, 3.05) is 0 Å². The Morgan fingerprint density at radius 1 is 0.964 bits per heavy atom. The minimum atomic E-state index is -0.330. The van der Waals surface area contributed by atoms with Crippen molar-refractivity contribution >= 4 is 11.1 Å². The van der Waals surface area contributed by atoms with Crippen molar-refractivity contribution in [1.82, 2.24) is 9.55 Å². The predicted octanol–water partition coefficient (Wildman–Crippen LogP) is 3.91. The molecule has 0 unspecified atom stereocenters. The van der Waals surface area contributed by atoms with Crippen LogP contribution in [0.4, 0.5) is 8.78 Å². The largest absolute Gasteiger partial charge is 0.429 e. The SMILES string of the molecule is O=c1c2cc(C#CCc3ccc(F)cc3)oc2ncn1Cc1ccc(F)cc1. The van der Waals surface area contributed by atoms with Crippen LogP contribution in [0.1, 0.15) is 16.9 Å². The Labute approximate surface area is 159 Å². The molecule has 0 fully saturated rings. The van der Waals surface area contributed by atoms with Crippen LogP contribution >= 0.6 is 0 Å². The second-order valence-electron chi connectivity index (χ2n) is 6.24. The second-order valence-corrected chi connectivity index (χ2v) is 6.24. The molecule has 138 valence electrons. The van der Waals surface area contributed by atoms with Crippen molar-refractivity contribution in [3.8, 4) is 11.8 Å². The van der Waals surface area contributed by atoms with Gasteiger partial charge in [-0.3, -0.25) is 9.36 Å². The van der Waals surface area contributed by atoms with E-state index in [2.05, 4.69) is 16.8 Å². The van der Waals surface area contributed by atoms with E-state index in [1.54, 1.807) is 30.3 Å². The molecule has 0 spiro atoms. The van der Waals surface area contributed by atoms with Gasteiger partial charge < -0.3 is 4.42 Å². The molecule has 0 saturated carbocycles. The Hall–Kier alpha value is -3.72. The third-order valence-corrected chi connectivity index (χ3v) is 4.20. The van der Waals surface area contributed by atoms with Crippen molar-refractivity contribution in [1.29, 1.82) is 0 Å². The number of hydrogen-bond acceptors (Lipinski definition) is 3. The number of fused-ring (bicyclic) bond motifs is 1. The van der Waals surface area contributed by atoms with E-state index in [9.17, 15) is 13.6 Å². The minimum absolute atomic E-state index is 0.214. The van der Waals surface area contributed by atoms with Crippen molar-refractivity contribution in [2.24, 2.45) is 0 Å². The van der Waals surface area contributed by atoms with Gasteiger partial charge in [-0.25, -0.2) is 13.8 Å². The van der Waals surface area contributed by atoms with E-state index >= 15 is 0 Å². The van der Waals surface area contributed by atoms with E-state index in [0.29, 0.717) is 17.6 Å². The van der Waals surface area contributed by atoms with E-state index in [1.165, 1.54) is 35.2 Å². The molecule has 2 aromatic carbocycles. The molecule has 4 nitrogen and oxygen atoms in total. The molecule has 0 amide bonds. The Kier molecular flexibility index (Phi) is 4.73. The van der Waals surface area contributed by atoms with Gasteiger partial charge in [0, 0.05) is 12.5 Å². The molecule has 0 aliphatic rings. The quantitative estimate of drug-likeness (QED) is 0.510. The molecule has 4 rings (SSSR count). The fourth-order valence-electron chi connectivity index (χ4n) is 2.76. The summed E-state index contributed by atoms with van der Waals surface area (Å²) < 4.78 is 32.9. The van der Waals surface area contributed by atoms with Gasteiger partial charge in [0.25, 0.3) is 5.56 Å². The summed E-state index contributed by atoms with van der Waals surface area (Å²) in [6.45, 7) is 0.277. The van der Waals surface area contributed by atoms with Crippen LogP contribution in [0, 0.1) is 23.5 Å². The number of rotatable bonds is 3. The first kappa shape index (κ1) is 17.7. The van der Waals surface area contributed by atoms with Crippen LogP contribution in [0.15, 0.2) is 70.1 Å². The van der Waals surface area contributed by atoms with E-state index in [0.717, 1.165) is 11.1 Å². The molecule has 0 N–H and O–H groups in total. The first-order valence-corrected chi connectivity index (χ1v) is 8.55. The van der Waals surface area contributed by atoms with Crippen LogP contribution in [0.3, 0.4) is 0 Å². The summed E-state index contributed by atoms with van der Waals surface area (Å²) in [5.74, 6) is 5.51. The number of furan rings is 1. The van der Waals surface area contributed by atoms with Crippen molar-refractivity contribution in [3.05, 3.63) is 99.8 Å². The van der Waals surface area contributed by atoms with Gasteiger partial charge >= 0.3 is 0 Å². The molecular weight excluding hydrogens is 362 g/mol. The Balaban J connectivity index is 1.56. The van der Waals surface area contributed by atoms with Crippen molar-refractivity contribution in [2.45, 2.75) is 13.0 Å². The van der Waals surface area contributed by atoms with Gasteiger partial charge in [0.1, 0.15) is 23.3 Å². The van der Waals surface area contributed by atoms with Crippen LogP contribution in [-0.4, -0.2) is 9.55 Å². The third-order valence-electron chi connectivity index (χ3n) is 4.20. The Morgan fingerprint density at radius 2 is 1.61 bits per heavy atom. The zero-order valence-electron chi connectivity index (χ0n) is 14.7. The highest BCUT2D eigenvalue weighted by atomic mass is 19.1. The summed E-state index contributed by atoms with van der Waals surface area (Å²) >= 11 is 0. The lowest BCUT2D eigenvalue weighted by Gasteiger charge is -2.04. The van der Waals surface area contributed by atoms with Crippen LogP contribution in [0.25, 0.3) is 11.1 Å². The molecule has 2 aromatic heterocycles. The molecule has 6 heteroatoms. The number of benzene rings is 2. The molecular formula is C22H14F2N2O2. The number of hydrogen-bond donors (Lipinski definition) is 0. The summed E-state index contributed by atoms with van der Waals surface area (Å²) in [4.78, 5) is 16.8. The Bertz CT molecular complexity index is 1240. The monoisotopic (exact) mass is 376 g/mol. The molecule has 0 radical (unpaired) electrons. The first-order valence-electron chi connectivity index (χ1n) is 8.55. The summed E-state index contributed by atoms with van der Waals surface area (Å²) in [7, 11) is 0. The normalized spacial score (nSPS) is 10.6. The zero-order valence-corrected chi connectivity index (χ0v) is 14.7. The van der Waals surface area contributed by atoms with Crippen molar-refractivity contribution < 1.29 is 13.2 Å². The number of aromatic nitrogens is 2. The topological polar surface area (TPSA) is 48.0 Å². The smallest absolute Gasteiger partial charge is 0.264 e. The predicted molar refractivity (Wildman–Crippen MR) is 101 cm³/mol. The van der Waals surface area contributed by atoms with Gasteiger partial charge in [0.2, 0.25) is 5.71 Å². The van der Waals surface area contributed by atoms with Crippen molar-refractivity contribution in [3.63, 3.8) is 0 Å². The molecule has 2 heterocycles. The van der Waals surface area contributed by atoms with Crippen LogP contribution in [0.2, 0.25) is 0 Å². The van der Waals surface area contributed by atoms with Crippen LogP contribution in [0.5, 0.6) is 0 Å². The highest BCUT2D eigenvalue weighted by Gasteiger charge is 2.10.